The van der Waals surface area contributed by atoms with Crippen LogP contribution in [-0.2, 0) is 10.0 Å². The van der Waals surface area contributed by atoms with Gasteiger partial charge in [-0.25, -0.2) is 8.42 Å². The third kappa shape index (κ3) is 5.42. The summed E-state index contributed by atoms with van der Waals surface area (Å²) in [4.78, 5) is 12.6. The molecule has 2 aromatic rings. The lowest BCUT2D eigenvalue weighted by Crippen LogP contribution is -2.18. The lowest BCUT2D eigenvalue weighted by atomic mass is 10.0. The van der Waals surface area contributed by atoms with E-state index < -0.39 is 22.1 Å². The Morgan fingerprint density at radius 3 is 2.43 bits per heavy atom. The van der Waals surface area contributed by atoms with Gasteiger partial charge in [0, 0.05) is 22.2 Å². The molecule has 0 amide bonds. The summed E-state index contributed by atoms with van der Waals surface area (Å²) < 4.78 is 68.8. The van der Waals surface area contributed by atoms with Crippen LogP contribution in [0.4, 0.5) is 18.9 Å². The number of anilines is 1. The molecular weight excluding hydrogens is 489 g/mol. The molecule has 1 aliphatic heterocycles. The number of benzene rings is 2. The summed E-state index contributed by atoms with van der Waals surface area (Å²) in [6.45, 7) is 0.457. The van der Waals surface area contributed by atoms with Crippen LogP contribution in [0, 0.1) is 0 Å². The molecule has 0 atom stereocenters. The molecule has 1 aliphatic rings. The van der Waals surface area contributed by atoms with Crippen LogP contribution in [0.1, 0.15) is 10.4 Å². The zero-order valence-corrected chi connectivity index (χ0v) is 17.4. The Bertz CT molecular complexity index is 1130. The third-order valence-corrected chi connectivity index (χ3v) is 5.80. The summed E-state index contributed by atoms with van der Waals surface area (Å²) >= 11 is 3.26. The van der Waals surface area contributed by atoms with Crippen LogP contribution in [0.25, 0.3) is 0 Å². The van der Waals surface area contributed by atoms with E-state index in [0.717, 1.165) is 24.3 Å². The number of alkyl halides is 3. The number of Topliss-reactive ketones (excluding diaryl/α,β-unsaturated/α-hetero) is 1. The molecule has 30 heavy (non-hydrogen) atoms. The lowest BCUT2D eigenvalue weighted by Gasteiger charge is -2.15. The average molecular weight is 503 g/mol. The zero-order valence-electron chi connectivity index (χ0n) is 15.0. The largest absolute Gasteiger partial charge is 0.573 e. The Hall–Kier alpha value is -2.79. The van der Waals surface area contributed by atoms with Crippen molar-refractivity contribution in [1.29, 1.82) is 0 Å². The SMILES string of the molecule is O=C(C1=CCNC=C1)c1cc(Br)ccc1NS(=O)(=O)c1ccc(OC(F)(F)F)cc1. The number of nitrogens with one attached hydrogen (secondary N) is 2. The standard InChI is InChI=1S/C19H14BrF3N2O4S/c20-13-1-6-17(16(11-13)18(26)12-7-9-24-10-8-12)25-30(27,28)15-4-2-14(3-5-15)29-19(21,22)23/h1-9,11,24-25H,10H2. The molecule has 1 heterocycles. The van der Waals surface area contributed by atoms with E-state index in [9.17, 15) is 26.4 Å². The first kappa shape index (κ1) is 21.9. The summed E-state index contributed by atoms with van der Waals surface area (Å²) in [7, 11) is -4.18. The molecule has 0 aromatic heterocycles. The van der Waals surface area contributed by atoms with Gasteiger partial charge in [0.1, 0.15) is 5.75 Å². The Kier molecular flexibility index (Phi) is 6.22. The number of carbonyl (C=O) groups is 1. The Morgan fingerprint density at radius 1 is 1.13 bits per heavy atom. The molecule has 158 valence electrons. The van der Waals surface area contributed by atoms with Crippen molar-refractivity contribution in [3.8, 4) is 5.75 Å². The lowest BCUT2D eigenvalue weighted by molar-refractivity contribution is -0.274. The van der Waals surface area contributed by atoms with Crippen LogP contribution >= 0.6 is 15.9 Å². The van der Waals surface area contributed by atoms with Crippen molar-refractivity contribution in [3.63, 3.8) is 0 Å². The number of carbonyl (C=O) groups excluding carboxylic acids is 1. The van der Waals surface area contributed by atoms with Gasteiger partial charge in [-0.05, 0) is 54.7 Å². The second-order valence-corrected chi connectivity index (χ2v) is 8.64. The van der Waals surface area contributed by atoms with E-state index in [1.807, 2.05) is 0 Å². The minimum Gasteiger partial charge on any atom is -0.406 e. The first-order valence-electron chi connectivity index (χ1n) is 8.38. The van der Waals surface area contributed by atoms with Crippen molar-refractivity contribution in [2.75, 3.05) is 11.3 Å². The van der Waals surface area contributed by atoms with Gasteiger partial charge in [-0.15, -0.1) is 13.2 Å². The Balaban J connectivity index is 1.89. The number of sulfonamides is 1. The molecule has 0 bridgehead atoms. The Morgan fingerprint density at radius 2 is 1.83 bits per heavy atom. The van der Waals surface area contributed by atoms with Crippen molar-refractivity contribution in [2.24, 2.45) is 0 Å². The number of hydrogen-bond donors (Lipinski definition) is 2. The third-order valence-electron chi connectivity index (χ3n) is 3.92. The average Bonchev–Trinajstić information content (AvgIpc) is 2.68. The maximum absolute atomic E-state index is 12.8. The van der Waals surface area contributed by atoms with E-state index in [1.54, 1.807) is 24.4 Å². The monoisotopic (exact) mass is 502 g/mol. The molecule has 11 heteroatoms. The summed E-state index contributed by atoms with van der Waals surface area (Å²) in [5.74, 6) is -0.939. The summed E-state index contributed by atoms with van der Waals surface area (Å²) in [6, 6.07) is 8.18. The van der Waals surface area contributed by atoms with Gasteiger partial charge in [-0.3, -0.25) is 9.52 Å². The second kappa shape index (κ2) is 8.52. The van der Waals surface area contributed by atoms with Gasteiger partial charge in [-0.1, -0.05) is 22.0 Å². The van der Waals surface area contributed by atoms with E-state index in [1.165, 1.54) is 12.1 Å². The highest BCUT2D eigenvalue weighted by Crippen LogP contribution is 2.28. The first-order chi connectivity index (χ1) is 14.0. The van der Waals surface area contributed by atoms with E-state index in [4.69, 9.17) is 0 Å². The van der Waals surface area contributed by atoms with E-state index in [2.05, 4.69) is 30.7 Å². The predicted octanol–water partition coefficient (Wildman–Crippen LogP) is 4.37. The van der Waals surface area contributed by atoms with Gasteiger partial charge < -0.3 is 10.1 Å². The number of rotatable bonds is 6. The maximum atomic E-state index is 12.8. The molecule has 0 spiro atoms. The smallest absolute Gasteiger partial charge is 0.406 e. The fourth-order valence-electron chi connectivity index (χ4n) is 2.60. The van der Waals surface area contributed by atoms with E-state index >= 15 is 0 Å². The second-order valence-electron chi connectivity index (χ2n) is 6.04. The molecule has 0 saturated heterocycles. The topological polar surface area (TPSA) is 84.5 Å². The molecule has 0 fully saturated rings. The number of dihydropyridines is 1. The van der Waals surface area contributed by atoms with E-state index in [-0.39, 0.29) is 21.9 Å². The van der Waals surface area contributed by atoms with Crippen LogP contribution in [0.2, 0.25) is 0 Å². The summed E-state index contributed by atoms with van der Waals surface area (Å²) in [5, 5.41) is 2.91. The van der Waals surface area contributed by atoms with Gasteiger partial charge in [0.05, 0.1) is 10.6 Å². The highest BCUT2D eigenvalue weighted by atomic mass is 79.9. The Labute approximate surface area is 178 Å². The van der Waals surface area contributed by atoms with E-state index in [0.29, 0.717) is 16.6 Å². The van der Waals surface area contributed by atoms with Gasteiger partial charge in [0.25, 0.3) is 10.0 Å². The molecule has 0 unspecified atom stereocenters. The highest BCUT2D eigenvalue weighted by Gasteiger charge is 2.31. The molecule has 0 radical (unpaired) electrons. The van der Waals surface area contributed by atoms with Gasteiger partial charge in [0.2, 0.25) is 0 Å². The zero-order chi connectivity index (χ0) is 21.9. The molecule has 2 aromatic carbocycles. The van der Waals surface area contributed by atoms with Crippen molar-refractivity contribution < 1.29 is 31.1 Å². The maximum Gasteiger partial charge on any atom is 0.573 e. The highest BCUT2D eigenvalue weighted by molar-refractivity contribution is 9.10. The molecule has 2 N–H and O–H groups in total. The number of allylic oxidation sites excluding steroid dienone is 2. The number of halogens is 4. The minimum absolute atomic E-state index is 0.0339. The normalized spacial score (nSPS) is 13.9. The van der Waals surface area contributed by atoms with Crippen LogP contribution < -0.4 is 14.8 Å². The molecular formula is C19H14BrF3N2O4S. The number of ether oxygens (including phenoxy) is 1. The molecule has 3 rings (SSSR count). The van der Waals surface area contributed by atoms with Crippen LogP contribution in [0.15, 0.2) is 75.8 Å². The summed E-state index contributed by atoms with van der Waals surface area (Å²) in [6.07, 6.45) is -0.0337. The molecule has 6 nitrogen and oxygen atoms in total. The van der Waals surface area contributed by atoms with Crippen molar-refractivity contribution >= 4 is 37.4 Å². The number of hydrogen-bond acceptors (Lipinski definition) is 5. The summed E-state index contributed by atoms with van der Waals surface area (Å²) in [5.41, 5.74) is 0.537. The fourth-order valence-corrected chi connectivity index (χ4v) is 4.04. The molecule has 0 saturated carbocycles. The van der Waals surface area contributed by atoms with Crippen molar-refractivity contribution in [2.45, 2.75) is 11.3 Å². The predicted molar refractivity (Wildman–Crippen MR) is 108 cm³/mol. The minimum atomic E-state index is -4.89. The quantitative estimate of drug-likeness (QED) is 0.572. The van der Waals surface area contributed by atoms with Gasteiger partial charge >= 0.3 is 6.36 Å². The van der Waals surface area contributed by atoms with Gasteiger partial charge in [0.15, 0.2) is 5.78 Å². The first-order valence-corrected chi connectivity index (χ1v) is 10.7. The van der Waals surface area contributed by atoms with Crippen molar-refractivity contribution in [3.05, 3.63) is 76.4 Å². The van der Waals surface area contributed by atoms with Crippen LogP contribution in [-0.4, -0.2) is 27.1 Å². The molecule has 0 aliphatic carbocycles. The van der Waals surface area contributed by atoms with Crippen LogP contribution in [0.5, 0.6) is 5.75 Å². The number of ketones is 1. The van der Waals surface area contributed by atoms with Crippen molar-refractivity contribution in [1.82, 2.24) is 5.32 Å². The van der Waals surface area contributed by atoms with Crippen LogP contribution in [0.3, 0.4) is 0 Å². The van der Waals surface area contributed by atoms with Gasteiger partial charge in [-0.2, -0.15) is 0 Å². The fraction of sp³-hybridized carbons (Fsp3) is 0.105.